The molecule has 0 radical (unpaired) electrons. The second-order valence-corrected chi connectivity index (χ2v) is 7.42. The van der Waals surface area contributed by atoms with Gasteiger partial charge in [0.1, 0.15) is 4.90 Å². The molecule has 0 bridgehead atoms. The molecule has 2 N–H and O–H groups in total. The minimum atomic E-state index is -3.63. The second kappa shape index (κ2) is 7.08. The van der Waals surface area contributed by atoms with Crippen molar-refractivity contribution in [1.29, 1.82) is 0 Å². The van der Waals surface area contributed by atoms with Crippen LogP contribution in [0, 0.1) is 13.8 Å². The lowest BCUT2D eigenvalue weighted by atomic mass is 10.1. The van der Waals surface area contributed by atoms with E-state index < -0.39 is 10.0 Å². The lowest BCUT2D eigenvalue weighted by Crippen LogP contribution is -2.13. The zero-order valence-electron chi connectivity index (χ0n) is 13.2. The molecule has 3 rings (SSSR count). The van der Waals surface area contributed by atoms with Crippen LogP contribution in [0.2, 0.25) is 0 Å². The number of aromatic nitrogens is 2. The molecule has 0 fully saturated rings. The van der Waals surface area contributed by atoms with Crippen molar-refractivity contribution in [1.82, 2.24) is 8.96 Å². The molecule has 0 saturated carbocycles. The van der Waals surface area contributed by atoms with E-state index in [0.29, 0.717) is 5.69 Å². The van der Waals surface area contributed by atoms with E-state index in [-0.39, 0.29) is 4.90 Å². The Morgan fingerprint density at radius 2 is 1.96 bits per heavy atom. The monoisotopic (exact) mass is 349 g/mol. The number of thiophene rings is 1. The summed E-state index contributed by atoms with van der Waals surface area (Å²) in [4.78, 5) is 4.09. The Morgan fingerprint density at radius 3 is 2.52 bits per heavy atom. The third kappa shape index (κ3) is 3.36. The van der Waals surface area contributed by atoms with Gasteiger partial charge in [0.25, 0.3) is 10.0 Å². The Morgan fingerprint density at radius 1 is 1.22 bits per heavy atom. The fraction of sp³-hybridized carbons (Fsp3) is 0.188. The third-order valence-corrected chi connectivity index (χ3v) is 5.76. The SMILES string of the molecule is CN.Cc1cc(-c2cscc2C)n(S(=O)(=O)c2cccnc2)c1. The predicted molar refractivity (Wildman–Crippen MR) is 94.2 cm³/mol. The summed E-state index contributed by atoms with van der Waals surface area (Å²) < 4.78 is 26.9. The molecule has 0 amide bonds. The summed E-state index contributed by atoms with van der Waals surface area (Å²) in [6, 6.07) is 5.07. The summed E-state index contributed by atoms with van der Waals surface area (Å²) in [6.45, 7) is 3.87. The molecular weight excluding hydrogens is 330 g/mol. The second-order valence-electron chi connectivity index (χ2n) is 4.86. The van der Waals surface area contributed by atoms with Crippen LogP contribution in [0.4, 0.5) is 0 Å². The van der Waals surface area contributed by atoms with Crippen LogP contribution in [0.1, 0.15) is 11.1 Å². The average Bonchev–Trinajstić information content (AvgIpc) is 3.16. The molecule has 0 aliphatic heterocycles. The van der Waals surface area contributed by atoms with Crippen molar-refractivity contribution in [3.8, 4) is 11.3 Å². The Hall–Kier alpha value is -1.96. The standard InChI is InChI=1S/C15H14N2O2S2.CH5N/c1-11-6-15(14-10-20-9-12(14)2)17(8-11)21(18,19)13-4-3-5-16-7-13;1-2/h3-10H,1-2H3;2H2,1H3. The summed E-state index contributed by atoms with van der Waals surface area (Å²) in [5.41, 5.74) is 8.11. The van der Waals surface area contributed by atoms with Crippen molar-refractivity contribution in [3.63, 3.8) is 0 Å². The lowest BCUT2D eigenvalue weighted by Gasteiger charge is -2.10. The topological polar surface area (TPSA) is 78.0 Å². The Balaban J connectivity index is 0.000000924. The molecular formula is C16H19N3O2S2. The molecule has 0 unspecified atom stereocenters. The molecule has 23 heavy (non-hydrogen) atoms. The highest BCUT2D eigenvalue weighted by Crippen LogP contribution is 2.31. The van der Waals surface area contributed by atoms with Gasteiger partial charge in [-0.05, 0) is 55.6 Å². The molecule has 122 valence electrons. The first-order valence-corrected chi connectivity index (χ1v) is 9.34. The Labute approximate surface area is 140 Å². The van der Waals surface area contributed by atoms with Crippen molar-refractivity contribution in [2.24, 2.45) is 5.73 Å². The summed E-state index contributed by atoms with van der Waals surface area (Å²) in [7, 11) is -2.13. The van der Waals surface area contributed by atoms with Gasteiger partial charge in [-0.3, -0.25) is 4.98 Å². The van der Waals surface area contributed by atoms with E-state index in [0.717, 1.165) is 16.7 Å². The van der Waals surface area contributed by atoms with E-state index in [1.54, 1.807) is 35.9 Å². The van der Waals surface area contributed by atoms with E-state index in [1.807, 2.05) is 30.7 Å². The minimum absolute atomic E-state index is 0.190. The molecule has 0 aliphatic rings. The Bertz CT molecular complexity index is 881. The molecule has 0 saturated heterocycles. The highest BCUT2D eigenvalue weighted by Gasteiger charge is 2.22. The van der Waals surface area contributed by atoms with Crippen LogP contribution < -0.4 is 5.73 Å². The normalized spacial score (nSPS) is 11.0. The van der Waals surface area contributed by atoms with E-state index in [9.17, 15) is 8.42 Å². The van der Waals surface area contributed by atoms with Gasteiger partial charge in [-0.2, -0.15) is 11.3 Å². The third-order valence-electron chi connectivity index (χ3n) is 3.25. The molecule has 0 atom stereocenters. The molecule has 7 heteroatoms. The highest BCUT2D eigenvalue weighted by molar-refractivity contribution is 7.90. The minimum Gasteiger partial charge on any atom is -0.333 e. The van der Waals surface area contributed by atoms with Crippen LogP contribution in [0.25, 0.3) is 11.3 Å². The van der Waals surface area contributed by atoms with Crippen LogP contribution in [-0.4, -0.2) is 24.4 Å². The number of hydrogen-bond acceptors (Lipinski definition) is 5. The van der Waals surface area contributed by atoms with Crippen LogP contribution in [0.15, 0.2) is 52.4 Å². The van der Waals surface area contributed by atoms with Gasteiger partial charge in [-0.25, -0.2) is 12.4 Å². The summed E-state index contributed by atoms with van der Waals surface area (Å²) in [6.07, 6.45) is 4.58. The number of aryl methyl sites for hydroxylation is 2. The smallest absolute Gasteiger partial charge is 0.269 e. The lowest BCUT2D eigenvalue weighted by molar-refractivity contribution is 0.587. The fourth-order valence-corrected chi connectivity index (χ4v) is 4.43. The Kier molecular flexibility index (Phi) is 5.35. The van der Waals surface area contributed by atoms with Crippen molar-refractivity contribution < 1.29 is 8.42 Å². The van der Waals surface area contributed by atoms with Gasteiger partial charge in [0.05, 0.1) is 5.69 Å². The van der Waals surface area contributed by atoms with Crippen LogP contribution in [0.3, 0.4) is 0 Å². The largest absolute Gasteiger partial charge is 0.333 e. The molecule has 3 aromatic rings. The molecule has 0 aromatic carbocycles. The van der Waals surface area contributed by atoms with Gasteiger partial charge in [0.15, 0.2) is 0 Å². The maximum Gasteiger partial charge on any atom is 0.269 e. The zero-order valence-corrected chi connectivity index (χ0v) is 14.9. The van der Waals surface area contributed by atoms with Gasteiger partial charge < -0.3 is 5.73 Å². The number of nitrogens with two attached hydrogens (primary N) is 1. The van der Waals surface area contributed by atoms with Crippen LogP contribution in [0.5, 0.6) is 0 Å². The van der Waals surface area contributed by atoms with Crippen LogP contribution in [-0.2, 0) is 10.0 Å². The maximum atomic E-state index is 12.8. The number of pyridine rings is 1. The molecule has 5 nitrogen and oxygen atoms in total. The van der Waals surface area contributed by atoms with Crippen LogP contribution >= 0.6 is 11.3 Å². The number of nitrogens with zero attached hydrogens (tertiary/aromatic N) is 2. The van der Waals surface area contributed by atoms with Crippen molar-refractivity contribution in [3.05, 3.63) is 58.7 Å². The van der Waals surface area contributed by atoms with E-state index in [2.05, 4.69) is 10.7 Å². The van der Waals surface area contributed by atoms with E-state index in [4.69, 9.17) is 0 Å². The first kappa shape index (κ1) is 17.4. The quantitative estimate of drug-likeness (QED) is 0.788. The van der Waals surface area contributed by atoms with E-state index in [1.165, 1.54) is 17.2 Å². The van der Waals surface area contributed by atoms with Gasteiger partial charge in [-0.15, -0.1) is 0 Å². The molecule has 3 aromatic heterocycles. The van der Waals surface area contributed by atoms with Crippen molar-refractivity contribution in [2.45, 2.75) is 18.7 Å². The summed E-state index contributed by atoms with van der Waals surface area (Å²) in [5, 5.41) is 3.98. The zero-order chi connectivity index (χ0) is 17.0. The van der Waals surface area contributed by atoms with Gasteiger partial charge >= 0.3 is 0 Å². The molecule has 3 heterocycles. The predicted octanol–water partition coefficient (Wildman–Crippen LogP) is 3.04. The fourth-order valence-electron chi connectivity index (χ4n) is 2.20. The molecule has 0 aliphatic carbocycles. The first-order valence-electron chi connectivity index (χ1n) is 6.95. The summed E-state index contributed by atoms with van der Waals surface area (Å²) in [5.74, 6) is 0. The first-order chi connectivity index (χ1) is 11.0. The molecule has 0 spiro atoms. The van der Waals surface area contributed by atoms with Crippen molar-refractivity contribution in [2.75, 3.05) is 7.05 Å². The average molecular weight is 349 g/mol. The number of hydrogen-bond donors (Lipinski definition) is 1. The van der Waals surface area contributed by atoms with Gasteiger partial charge in [0, 0.05) is 29.5 Å². The van der Waals surface area contributed by atoms with E-state index >= 15 is 0 Å². The van der Waals surface area contributed by atoms with Gasteiger partial charge in [0.2, 0.25) is 0 Å². The van der Waals surface area contributed by atoms with Gasteiger partial charge in [-0.1, -0.05) is 0 Å². The maximum absolute atomic E-state index is 12.8. The number of rotatable bonds is 3. The van der Waals surface area contributed by atoms with Crippen molar-refractivity contribution >= 4 is 21.4 Å². The summed E-state index contributed by atoms with van der Waals surface area (Å²) >= 11 is 1.56. The highest BCUT2D eigenvalue weighted by atomic mass is 32.2.